The summed E-state index contributed by atoms with van der Waals surface area (Å²) < 4.78 is 13.4. The lowest BCUT2D eigenvalue weighted by Crippen LogP contribution is -2.48. The Morgan fingerprint density at radius 2 is 1.59 bits per heavy atom. The third-order valence-electron chi connectivity index (χ3n) is 6.27. The summed E-state index contributed by atoms with van der Waals surface area (Å²) in [5.41, 5.74) is 2.88. The van der Waals surface area contributed by atoms with Gasteiger partial charge in [-0.05, 0) is 60.2 Å². The Balaban J connectivity index is 1.55. The van der Waals surface area contributed by atoms with Gasteiger partial charge < -0.3 is 10.0 Å². The van der Waals surface area contributed by atoms with Crippen LogP contribution in [0.15, 0.2) is 66.9 Å². The standard InChI is InChI=1S/C26H21Cl3FN3O/c27-16-3-8-20(22(28)14-16)25(21-15-23(29)19-2-1-9-31-24(19)26(21)34)33-12-10-32(11-13-33)18-6-4-17(30)5-7-18/h1-9,14-15,25,34H,10-13H2/t25-/m0/s1. The predicted molar refractivity (Wildman–Crippen MR) is 137 cm³/mol. The largest absolute Gasteiger partial charge is 0.505 e. The molecule has 1 fully saturated rings. The van der Waals surface area contributed by atoms with Crippen molar-refractivity contribution in [3.63, 3.8) is 0 Å². The van der Waals surface area contributed by atoms with Crippen LogP contribution in [0.3, 0.4) is 0 Å². The molecule has 0 radical (unpaired) electrons. The number of piperazine rings is 1. The highest BCUT2D eigenvalue weighted by molar-refractivity contribution is 6.36. The second kappa shape index (κ2) is 9.59. The summed E-state index contributed by atoms with van der Waals surface area (Å²) in [5, 5.41) is 13.5. The number of phenols is 1. The molecule has 1 N–H and O–H groups in total. The molecule has 5 rings (SSSR count). The van der Waals surface area contributed by atoms with E-state index in [1.54, 1.807) is 42.6 Å². The molecular formula is C26H21Cl3FN3O. The van der Waals surface area contributed by atoms with Crippen LogP contribution in [0.5, 0.6) is 5.75 Å². The fourth-order valence-corrected chi connectivity index (χ4v) is 5.37. The van der Waals surface area contributed by atoms with Crippen LogP contribution in [-0.2, 0) is 0 Å². The molecule has 1 saturated heterocycles. The lowest BCUT2D eigenvalue weighted by Gasteiger charge is -2.41. The minimum Gasteiger partial charge on any atom is -0.505 e. The quantitative estimate of drug-likeness (QED) is 0.318. The van der Waals surface area contributed by atoms with E-state index in [-0.39, 0.29) is 17.6 Å². The fourth-order valence-electron chi connectivity index (χ4n) is 4.59. The summed E-state index contributed by atoms with van der Waals surface area (Å²) in [6.45, 7) is 2.85. The van der Waals surface area contributed by atoms with Crippen molar-refractivity contribution < 1.29 is 9.50 Å². The van der Waals surface area contributed by atoms with Gasteiger partial charge in [-0.25, -0.2) is 4.39 Å². The van der Waals surface area contributed by atoms with Gasteiger partial charge in [-0.3, -0.25) is 9.88 Å². The fraction of sp³-hybridized carbons (Fsp3) is 0.192. The Morgan fingerprint density at radius 3 is 2.29 bits per heavy atom. The van der Waals surface area contributed by atoms with Crippen molar-refractivity contribution in [1.82, 2.24) is 9.88 Å². The number of aromatic hydroxyl groups is 1. The van der Waals surface area contributed by atoms with Crippen LogP contribution >= 0.6 is 34.8 Å². The average molecular weight is 517 g/mol. The Labute approximate surface area is 212 Å². The number of hydrogen-bond donors (Lipinski definition) is 1. The van der Waals surface area contributed by atoms with E-state index in [9.17, 15) is 9.50 Å². The van der Waals surface area contributed by atoms with Crippen LogP contribution in [0.4, 0.5) is 10.1 Å². The number of hydrogen-bond acceptors (Lipinski definition) is 4. The summed E-state index contributed by atoms with van der Waals surface area (Å²) in [4.78, 5) is 8.85. The Bertz CT molecular complexity index is 1340. The number of rotatable bonds is 4. The summed E-state index contributed by atoms with van der Waals surface area (Å²) >= 11 is 19.5. The van der Waals surface area contributed by atoms with Crippen molar-refractivity contribution in [1.29, 1.82) is 0 Å². The van der Waals surface area contributed by atoms with Gasteiger partial charge in [-0.2, -0.15) is 0 Å². The molecule has 8 heteroatoms. The average Bonchev–Trinajstić information content (AvgIpc) is 2.84. The maximum Gasteiger partial charge on any atom is 0.147 e. The molecule has 2 heterocycles. The van der Waals surface area contributed by atoms with Crippen molar-refractivity contribution in [3.8, 4) is 5.75 Å². The zero-order valence-corrected chi connectivity index (χ0v) is 20.3. The maximum atomic E-state index is 13.4. The molecule has 4 aromatic rings. The van der Waals surface area contributed by atoms with Gasteiger partial charge in [0.15, 0.2) is 0 Å². The molecule has 1 aliphatic rings. The van der Waals surface area contributed by atoms with Gasteiger partial charge in [0.2, 0.25) is 0 Å². The van der Waals surface area contributed by atoms with Gasteiger partial charge in [-0.1, -0.05) is 40.9 Å². The van der Waals surface area contributed by atoms with E-state index in [2.05, 4.69) is 14.8 Å². The van der Waals surface area contributed by atoms with Gasteiger partial charge in [0, 0.05) is 59.1 Å². The Hall–Kier alpha value is -2.57. The lowest BCUT2D eigenvalue weighted by atomic mass is 9.94. The zero-order chi connectivity index (χ0) is 23.8. The number of halogens is 4. The van der Waals surface area contributed by atoms with Crippen LogP contribution < -0.4 is 4.90 Å². The van der Waals surface area contributed by atoms with Crippen LogP contribution in [0, 0.1) is 5.82 Å². The van der Waals surface area contributed by atoms with Crippen molar-refractivity contribution in [3.05, 3.63) is 98.9 Å². The van der Waals surface area contributed by atoms with Crippen LogP contribution in [0.25, 0.3) is 10.9 Å². The summed E-state index contributed by atoms with van der Waals surface area (Å²) in [5.74, 6) is -0.172. The van der Waals surface area contributed by atoms with Crippen LogP contribution in [0.2, 0.25) is 15.1 Å². The minimum atomic E-state index is -0.357. The summed E-state index contributed by atoms with van der Waals surface area (Å²) in [6.07, 6.45) is 1.63. The first-order chi connectivity index (χ1) is 16.4. The van der Waals surface area contributed by atoms with E-state index in [4.69, 9.17) is 34.8 Å². The van der Waals surface area contributed by atoms with Crippen molar-refractivity contribution in [2.75, 3.05) is 31.1 Å². The lowest BCUT2D eigenvalue weighted by molar-refractivity contribution is 0.209. The summed E-state index contributed by atoms with van der Waals surface area (Å²) in [6, 6.07) is 17.0. The predicted octanol–water partition coefficient (Wildman–Crippen LogP) is 6.95. The van der Waals surface area contributed by atoms with Crippen molar-refractivity contribution >= 4 is 51.4 Å². The molecular weight excluding hydrogens is 496 g/mol. The molecule has 3 aromatic carbocycles. The van der Waals surface area contributed by atoms with Crippen molar-refractivity contribution in [2.24, 2.45) is 0 Å². The van der Waals surface area contributed by atoms with Crippen molar-refractivity contribution in [2.45, 2.75) is 6.04 Å². The molecule has 1 atom stereocenters. The molecule has 1 aliphatic heterocycles. The molecule has 0 spiro atoms. The summed E-state index contributed by atoms with van der Waals surface area (Å²) in [7, 11) is 0. The smallest absolute Gasteiger partial charge is 0.147 e. The molecule has 174 valence electrons. The number of benzene rings is 3. The molecule has 1 aromatic heterocycles. The number of anilines is 1. The minimum absolute atomic E-state index is 0.0805. The Kier molecular flexibility index (Phi) is 6.54. The number of pyridine rings is 1. The number of aromatic nitrogens is 1. The third kappa shape index (κ3) is 4.41. The highest BCUT2D eigenvalue weighted by Crippen LogP contribution is 2.43. The highest BCUT2D eigenvalue weighted by Gasteiger charge is 2.31. The second-order valence-electron chi connectivity index (χ2n) is 8.26. The second-order valence-corrected chi connectivity index (χ2v) is 9.51. The van der Waals surface area contributed by atoms with Crippen LogP contribution in [-0.4, -0.2) is 41.2 Å². The molecule has 0 saturated carbocycles. The first kappa shape index (κ1) is 23.2. The zero-order valence-electron chi connectivity index (χ0n) is 18.1. The molecule has 0 bridgehead atoms. The van der Waals surface area contributed by atoms with Gasteiger partial charge >= 0.3 is 0 Å². The van der Waals surface area contributed by atoms with E-state index in [0.717, 1.165) is 24.3 Å². The van der Waals surface area contributed by atoms with Gasteiger partial charge in [-0.15, -0.1) is 0 Å². The van der Waals surface area contributed by atoms with E-state index in [0.29, 0.717) is 44.6 Å². The molecule has 0 aliphatic carbocycles. The molecule has 34 heavy (non-hydrogen) atoms. The number of nitrogens with zero attached hydrogens (tertiary/aromatic N) is 3. The topological polar surface area (TPSA) is 39.6 Å². The van der Waals surface area contributed by atoms with Crippen LogP contribution in [0.1, 0.15) is 17.2 Å². The number of fused-ring (bicyclic) bond motifs is 1. The van der Waals surface area contributed by atoms with Gasteiger partial charge in [0.1, 0.15) is 17.1 Å². The Morgan fingerprint density at radius 1 is 0.853 bits per heavy atom. The first-order valence-electron chi connectivity index (χ1n) is 10.9. The highest BCUT2D eigenvalue weighted by atomic mass is 35.5. The molecule has 0 unspecified atom stereocenters. The molecule has 4 nitrogen and oxygen atoms in total. The molecule has 0 amide bonds. The first-order valence-corrected chi connectivity index (χ1v) is 12.0. The third-order valence-corrected chi connectivity index (χ3v) is 7.14. The van der Waals surface area contributed by atoms with E-state index in [1.807, 2.05) is 12.1 Å². The van der Waals surface area contributed by atoms with Gasteiger partial charge in [0.25, 0.3) is 0 Å². The normalized spacial score (nSPS) is 15.6. The van der Waals surface area contributed by atoms with E-state index in [1.165, 1.54) is 12.1 Å². The van der Waals surface area contributed by atoms with Gasteiger partial charge in [0.05, 0.1) is 11.1 Å². The van der Waals surface area contributed by atoms with E-state index >= 15 is 0 Å². The monoisotopic (exact) mass is 515 g/mol. The SMILES string of the molecule is Oc1c([C@H](c2ccc(Cl)cc2Cl)N2CCN(c3ccc(F)cc3)CC2)cc(Cl)c2cccnc12. The number of phenolic OH excluding ortho intramolecular Hbond substituents is 1. The van der Waals surface area contributed by atoms with E-state index < -0.39 is 0 Å². The maximum absolute atomic E-state index is 13.4.